The van der Waals surface area contributed by atoms with Crippen molar-refractivity contribution in [3.63, 3.8) is 0 Å². The summed E-state index contributed by atoms with van der Waals surface area (Å²) in [5, 5.41) is 0. The fourth-order valence-electron chi connectivity index (χ4n) is 3.87. The first-order chi connectivity index (χ1) is 12.4. The summed E-state index contributed by atoms with van der Waals surface area (Å²) in [6.45, 7) is 8.87. The standard InChI is InChI=1S/C22H27NO2S/c1-4-5-15-22(20-9-7-6-8-10-20)16-17-23(19(22)3)26(24,25)21-13-11-18(2)12-14-21/h6-14H,3-5,15-17H2,1-2H3. The molecule has 1 aliphatic heterocycles. The zero-order valence-electron chi connectivity index (χ0n) is 15.6. The average molecular weight is 370 g/mol. The number of sulfonamides is 1. The summed E-state index contributed by atoms with van der Waals surface area (Å²) in [5.74, 6) is 0. The number of benzene rings is 2. The van der Waals surface area contributed by atoms with Gasteiger partial charge < -0.3 is 0 Å². The highest BCUT2D eigenvalue weighted by molar-refractivity contribution is 7.89. The molecule has 1 unspecified atom stereocenters. The molecular weight excluding hydrogens is 342 g/mol. The Labute approximate surface area is 157 Å². The third-order valence-electron chi connectivity index (χ3n) is 5.49. The topological polar surface area (TPSA) is 37.4 Å². The molecule has 138 valence electrons. The van der Waals surface area contributed by atoms with E-state index in [2.05, 4.69) is 25.6 Å². The average Bonchev–Trinajstić information content (AvgIpc) is 2.99. The van der Waals surface area contributed by atoms with Crippen molar-refractivity contribution in [1.29, 1.82) is 0 Å². The van der Waals surface area contributed by atoms with E-state index in [1.165, 1.54) is 9.87 Å². The molecule has 3 rings (SSSR count). The zero-order valence-corrected chi connectivity index (χ0v) is 16.4. The minimum atomic E-state index is -3.57. The molecule has 2 aromatic carbocycles. The van der Waals surface area contributed by atoms with Crippen LogP contribution in [0.4, 0.5) is 0 Å². The van der Waals surface area contributed by atoms with Crippen LogP contribution in [0.25, 0.3) is 0 Å². The van der Waals surface area contributed by atoms with Gasteiger partial charge in [-0.3, -0.25) is 4.31 Å². The highest BCUT2D eigenvalue weighted by Gasteiger charge is 2.46. The van der Waals surface area contributed by atoms with Crippen molar-refractivity contribution in [2.75, 3.05) is 6.54 Å². The molecule has 1 aliphatic rings. The van der Waals surface area contributed by atoms with Gasteiger partial charge in [-0.05, 0) is 37.5 Å². The minimum absolute atomic E-state index is 0.297. The molecule has 1 atom stereocenters. The van der Waals surface area contributed by atoms with Crippen LogP contribution in [0.1, 0.15) is 43.7 Å². The monoisotopic (exact) mass is 369 g/mol. The normalized spacial score (nSPS) is 20.5. The second-order valence-electron chi connectivity index (χ2n) is 7.14. The lowest BCUT2D eigenvalue weighted by atomic mass is 9.74. The molecule has 2 aromatic rings. The maximum Gasteiger partial charge on any atom is 0.264 e. The summed E-state index contributed by atoms with van der Waals surface area (Å²) in [5.41, 5.74) is 2.62. The second kappa shape index (κ2) is 7.28. The van der Waals surface area contributed by atoms with Gasteiger partial charge in [0, 0.05) is 17.7 Å². The van der Waals surface area contributed by atoms with Crippen LogP contribution in [-0.4, -0.2) is 19.3 Å². The number of hydrogen-bond donors (Lipinski definition) is 0. The molecule has 0 saturated carbocycles. The molecule has 1 heterocycles. The molecule has 0 radical (unpaired) electrons. The van der Waals surface area contributed by atoms with Crippen LogP contribution in [-0.2, 0) is 15.4 Å². The fourth-order valence-corrected chi connectivity index (χ4v) is 5.40. The lowest BCUT2D eigenvalue weighted by molar-refractivity contribution is 0.450. The smallest absolute Gasteiger partial charge is 0.264 e. The van der Waals surface area contributed by atoms with Gasteiger partial charge in [-0.15, -0.1) is 0 Å². The summed E-state index contributed by atoms with van der Waals surface area (Å²) in [6, 6.07) is 17.3. The first kappa shape index (κ1) is 18.7. The molecule has 0 bridgehead atoms. The molecule has 0 N–H and O–H groups in total. The van der Waals surface area contributed by atoms with Crippen LogP contribution in [0, 0.1) is 6.92 Å². The summed E-state index contributed by atoms with van der Waals surface area (Å²) in [4.78, 5) is 0.337. The minimum Gasteiger partial charge on any atom is -0.270 e. The fraction of sp³-hybridized carbons (Fsp3) is 0.364. The Morgan fingerprint density at radius 1 is 1.08 bits per heavy atom. The first-order valence-corrected chi connectivity index (χ1v) is 10.7. The van der Waals surface area contributed by atoms with Gasteiger partial charge in [0.15, 0.2) is 0 Å². The van der Waals surface area contributed by atoms with Crippen LogP contribution in [0.15, 0.2) is 71.8 Å². The van der Waals surface area contributed by atoms with Crippen LogP contribution in [0.2, 0.25) is 0 Å². The van der Waals surface area contributed by atoms with Gasteiger partial charge in [0.25, 0.3) is 10.0 Å². The Morgan fingerprint density at radius 3 is 2.35 bits per heavy atom. The summed E-state index contributed by atoms with van der Waals surface area (Å²) < 4.78 is 28.0. The van der Waals surface area contributed by atoms with Crippen molar-refractivity contribution in [3.05, 3.63) is 78.0 Å². The molecule has 0 spiro atoms. The van der Waals surface area contributed by atoms with E-state index in [4.69, 9.17) is 0 Å². The van der Waals surface area contributed by atoms with Crippen LogP contribution in [0.5, 0.6) is 0 Å². The summed E-state index contributed by atoms with van der Waals surface area (Å²) in [6.07, 6.45) is 3.83. The molecule has 0 aromatic heterocycles. The Balaban J connectivity index is 2.00. The Bertz CT molecular complexity index is 872. The van der Waals surface area contributed by atoms with Crippen molar-refractivity contribution in [2.24, 2.45) is 0 Å². The number of nitrogens with zero attached hydrogens (tertiary/aromatic N) is 1. The van der Waals surface area contributed by atoms with Crippen LogP contribution < -0.4 is 0 Å². The largest absolute Gasteiger partial charge is 0.270 e. The molecule has 0 amide bonds. The van der Waals surface area contributed by atoms with Crippen LogP contribution >= 0.6 is 0 Å². The highest BCUT2D eigenvalue weighted by atomic mass is 32.2. The van der Waals surface area contributed by atoms with Crippen LogP contribution in [0.3, 0.4) is 0 Å². The molecular formula is C22H27NO2S. The molecule has 26 heavy (non-hydrogen) atoms. The highest BCUT2D eigenvalue weighted by Crippen LogP contribution is 2.47. The van der Waals surface area contributed by atoms with Gasteiger partial charge in [0.1, 0.15) is 0 Å². The van der Waals surface area contributed by atoms with Gasteiger partial charge in [0.2, 0.25) is 0 Å². The van der Waals surface area contributed by atoms with Gasteiger partial charge in [-0.1, -0.05) is 74.4 Å². The van der Waals surface area contributed by atoms with E-state index in [-0.39, 0.29) is 5.41 Å². The number of allylic oxidation sites excluding steroid dienone is 1. The number of unbranched alkanes of at least 4 members (excludes halogenated alkanes) is 1. The molecule has 0 aliphatic carbocycles. The molecule has 1 saturated heterocycles. The third-order valence-corrected chi connectivity index (χ3v) is 7.34. The molecule has 4 heteroatoms. The third kappa shape index (κ3) is 3.18. The lowest BCUT2D eigenvalue weighted by Gasteiger charge is -2.32. The second-order valence-corrected chi connectivity index (χ2v) is 9.00. The van der Waals surface area contributed by atoms with Crippen molar-refractivity contribution >= 4 is 10.0 Å². The van der Waals surface area contributed by atoms with Gasteiger partial charge >= 0.3 is 0 Å². The van der Waals surface area contributed by atoms with E-state index in [1.54, 1.807) is 12.1 Å². The van der Waals surface area contributed by atoms with Crippen molar-refractivity contribution < 1.29 is 8.42 Å². The van der Waals surface area contributed by atoms with E-state index in [1.807, 2.05) is 37.3 Å². The predicted molar refractivity (Wildman–Crippen MR) is 106 cm³/mol. The van der Waals surface area contributed by atoms with Gasteiger partial charge in [0.05, 0.1) is 4.90 Å². The Kier molecular flexibility index (Phi) is 5.24. The van der Waals surface area contributed by atoms with E-state index in [0.29, 0.717) is 17.1 Å². The number of hydrogen-bond acceptors (Lipinski definition) is 2. The number of aryl methyl sites for hydroxylation is 1. The zero-order chi connectivity index (χ0) is 18.8. The van der Waals surface area contributed by atoms with Crippen molar-refractivity contribution in [3.8, 4) is 0 Å². The van der Waals surface area contributed by atoms with E-state index in [9.17, 15) is 8.42 Å². The van der Waals surface area contributed by atoms with E-state index in [0.717, 1.165) is 31.2 Å². The van der Waals surface area contributed by atoms with Gasteiger partial charge in [-0.2, -0.15) is 0 Å². The SMILES string of the molecule is C=C1N(S(=O)(=O)c2ccc(C)cc2)CCC1(CCCC)c1ccccc1. The maximum atomic E-state index is 13.2. The predicted octanol–water partition coefficient (Wildman–Crippen LogP) is 5.03. The lowest BCUT2D eigenvalue weighted by Crippen LogP contribution is -2.32. The Hall–Kier alpha value is -2.07. The summed E-state index contributed by atoms with van der Waals surface area (Å²) in [7, 11) is -3.57. The Morgan fingerprint density at radius 2 is 1.73 bits per heavy atom. The van der Waals surface area contributed by atoms with Crippen molar-refractivity contribution in [1.82, 2.24) is 4.31 Å². The van der Waals surface area contributed by atoms with Gasteiger partial charge in [-0.25, -0.2) is 8.42 Å². The summed E-state index contributed by atoms with van der Waals surface area (Å²) >= 11 is 0. The quantitative estimate of drug-likeness (QED) is 0.716. The number of rotatable bonds is 6. The molecule has 1 fully saturated rings. The maximum absolute atomic E-state index is 13.2. The molecule has 3 nitrogen and oxygen atoms in total. The van der Waals surface area contributed by atoms with E-state index >= 15 is 0 Å². The first-order valence-electron chi connectivity index (χ1n) is 9.26. The van der Waals surface area contributed by atoms with Crippen molar-refractivity contribution in [2.45, 2.75) is 49.8 Å². The van der Waals surface area contributed by atoms with E-state index < -0.39 is 10.0 Å².